The lowest BCUT2D eigenvalue weighted by Crippen LogP contribution is -2.34. The molecular formula is C23H25N3O2. The van der Waals surface area contributed by atoms with E-state index in [2.05, 4.69) is 13.2 Å². The number of nitrogens with zero attached hydrogens (tertiary/aromatic N) is 3. The molecule has 0 fully saturated rings. The van der Waals surface area contributed by atoms with E-state index in [0.29, 0.717) is 13.1 Å². The fraction of sp³-hybridized carbons (Fsp3) is 0.217. The lowest BCUT2D eigenvalue weighted by Gasteiger charge is -2.21. The van der Waals surface area contributed by atoms with E-state index in [0.717, 1.165) is 22.6 Å². The number of amides is 1. The molecule has 0 saturated heterocycles. The van der Waals surface area contributed by atoms with Gasteiger partial charge in [-0.15, -0.1) is 13.2 Å². The number of rotatable bonds is 9. The average Bonchev–Trinajstić information content (AvgIpc) is 3.07. The van der Waals surface area contributed by atoms with E-state index in [4.69, 9.17) is 9.72 Å². The molecule has 3 rings (SSSR count). The molecule has 0 radical (unpaired) electrons. The van der Waals surface area contributed by atoms with Crippen molar-refractivity contribution in [2.24, 2.45) is 0 Å². The molecule has 0 aliphatic carbocycles. The number of carbonyl (C=O) groups is 1. The highest BCUT2D eigenvalue weighted by Crippen LogP contribution is 2.25. The Bertz CT molecular complexity index is 952. The van der Waals surface area contributed by atoms with Gasteiger partial charge < -0.3 is 14.2 Å². The molecule has 0 saturated carbocycles. The molecule has 1 atom stereocenters. The van der Waals surface area contributed by atoms with Crippen LogP contribution in [0.15, 0.2) is 79.9 Å². The topological polar surface area (TPSA) is 47.4 Å². The monoisotopic (exact) mass is 375 g/mol. The Morgan fingerprint density at radius 3 is 2.43 bits per heavy atom. The predicted molar refractivity (Wildman–Crippen MR) is 112 cm³/mol. The Labute approximate surface area is 165 Å². The molecule has 0 spiro atoms. The summed E-state index contributed by atoms with van der Waals surface area (Å²) in [5.74, 6) is 1.46. The number of aromatic nitrogens is 2. The first-order valence-corrected chi connectivity index (χ1v) is 9.30. The van der Waals surface area contributed by atoms with Gasteiger partial charge in [-0.1, -0.05) is 42.5 Å². The van der Waals surface area contributed by atoms with Gasteiger partial charge >= 0.3 is 0 Å². The van der Waals surface area contributed by atoms with Crippen LogP contribution < -0.4 is 4.74 Å². The summed E-state index contributed by atoms with van der Waals surface area (Å²) in [5.41, 5.74) is 1.75. The third-order valence-corrected chi connectivity index (χ3v) is 4.45. The molecule has 0 aliphatic rings. The fourth-order valence-electron chi connectivity index (χ4n) is 3.15. The van der Waals surface area contributed by atoms with Gasteiger partial charge in [0, 0.05) is 13.1 Å². The number of imidazole rings is 1. The van der Waals surface area contributed by atoms with Crippen molar-refractivity contribution >= 4 is 16.9 Å². The van der Waals surface area contributed by atoms with Crippen LogP contribution in [-0.2, 0) is 11.3 Å². The van der Waals surface area contributed by atoms with Gasteiger partial charge in [0.1, 0.15) is 12.3 Å². The highest BCUT2D eigenvalue weighted by Gasteiger charge is 2.21. The summed E-state index contributed by atoms with van der Waals surface area (Å²) in [6.45, 7) is 10.6. The second-order valence-corrected chi connectivity index (χ2v) is 6.49. The number of carbonyl (C=O) groups excluding carboxylic acids is 1. The van der Waals surface area contributed by atoms with Gasteiger partial charge in [-0.3, -0.25) is 4.79 Å². The van der Waals surface area contributed by atoms with Crippen molar-refractivity contribution in [1.82, 2.24) is 14.5 Å². The summed E-state index contributed by atoms with van der Waals surface area (Å²) in [7, 11) is 0. The van der Waals surface area contributed by atoms with E-state index < -0.39 is 0 Å². The molecule has 28 heavy (non-hydrogen) atoms. The van der Waals surface area contributed by atoms with E-state index >= 15 is 0 Å². The van der Waals surface area contributed by atoms with Gasteiger partial charge in [0.05, 0.1) is 11.0 Å². The first kappa shape index (κ1) is 19.4. The van der Waals surface area contributed by atoms with Crippen LogP contribution in [0.2, 0.25) is 0 Å². The standard InChI is InChI=1S/C23H25N3O2/c1-4-15-25(16-5-2)22(27)17-26-21-14-10-9-13-20(21)24-23(26)18(3)28-19-11-7-6-8-12-19/h4-14,18H,1-2,15-17H2,3H3. The van der Waals surface area contributed by atoms with Crippen LogP contribution >= 0.6 is 0 Å². The molecule has 0 aliphatic heterocycles. The highest BCUT2D eigenvalue weighted by molar-refractivity contribution is 5.81. The van der Waals surface area contributed by atoms with Crippen LogP contribution in [0.1, 0.15) is 18.9 Å². The zero-order chi connectivity index (χ0) is 19.9. The van der Waals surface area contributed by atoms with Crippen molar-refractivity contribution in [3.05, 3.63) is 85.7 Å². The molecule has 5 heteroatoms. The van der Waals surface area contributed by atoms with Crippen LogP contribution in [0.3, 0.4) is 0 Å². The summed E-state index contributed by atoms with van der Waals surface area (Å²) in [4.78, 5) is 19.4. The maximum Gasteiger partial charge on any atom is 0.243 e. The van der Waals surface area contributed by atoms with Gasteiger partial charge in [0.2, 0.25) is 5.91 Å². The van der Waals surface area contributed by atoms with Gasteiger partial charge in [0.25, 0.3) is 0 Å². The zero-order valence-electron chi connectivity index (χ0n) is 16.1. The Morgan fingerprint density at radius 1 is 1.11 bits per heavy atom. The second-order valence-electron chi connectivity index (χ2n) is 6.49. The van der Waals surface area contributed by atoms with Gasteiger partial charge in [-0.2, -0.15) is 0 Å². The fourth-order valence-corrected chi connectivity index (χ4v) is 3.15. The third kappa shape index (κ3) is 4.31. The van der Waals surface area contributed by atoms with Crippen molar-refractivity contribution < 1.29 is 9.53 Å². The van der Waals surface area contributed by atoms with Crippen LogP contribution in [0.25, 0.3) is 11.0 Å². The minimum absolute atomic E-state index is 0.0175. The smallest absolute Gasteiger partial charge is 0.243 e. The number of ether oxygens (including phenoxy) is 1. The summed E-state index contributed by atoms with van der Waals surface area (Å²) >= 11 is 0. The molecule has 1 amide bonds. The maximum absolute atomic E-state index is 12.9. The Hall–Kier alpha value is -3.34. The minimum Gasteiger partial charge on any atom is -0.483 e. The minimum atomic E-state index is -0.310. The molecule has 1 heterocycles. The zero-order valence-corrected chi connectivity index (χ0v) is 16.1. The van der Waals surface area contributed by atoms with Crippen LogP contribution in [0, 0.1) is 0 Å². The van der Waals surface area contributed by atoms with Crippen molar-refractivity contribution in [1.29, 1.82) is 0 Å². The van der Waals surface area contributed by atoms with E-state index in [9.17, 15) is 4.79 Å². The van der Waals surface area contributed by atoms with Gasteiger partial charge in [-0.05, 0) is 31.2 Å². The molecule has 1 unspecified atom stereocenters. The number of fused-ring (bicyclic) bond motifs is 1. The largest absolute Gasteiger partial charge is 0.483 e. The van der Waals surface area contributed by atoms with E-state index in [1.54, 1.807) is 17.1 Å². The lowest BCUT2D eigenvalue weighted by atomic mass is 10.3. The molecular weight excluding hydrogens is 350 g/mol. The quantitative estimate of drug-likeness (QED) is 0.522. The summed E-state index contributed by atoms with van der Waals surface area (Å²) in [6.07, 6.45) is 3.13. The van der Waals surface area contributed by atoms with Crippen molar-refractivity contribution in [2.45, 2.75) is 19.6 Å². The molecule has 3 aromatic rings. The molecule has 1 aromatic heterocycles. The Kier molecular flexibility index (Phi) is 6.27. The molecule has 144 valence electrons. The molecule has 5 nitrogen and oxygen atoms in total. The van der Waals surface area contributed by atoms with Crippen LogP contribution in [-0.4, -0.2) is 33.4 Å². The Balaban J connectivity index is 1.93. The number of hydrogen-bond acceptors (Lipinski definition) is 3. The van der Waals surface area contributed by atoms with E-state index in [-0.39, 0.29) is 18.6 Å². The van der Waals surface area contributed by atoms with Gasteiger partial charge in [0.15, 0.2) is 11.9 Å². The van der Waals surface area contributed by atoms with Crippen LogP contribution in [0.4, 0.5) is 0 Å². The SMILES string of the molecule is C=CCN(CC=C)C(=O)Cn1c(C(C)Oc2ccccc2)nc2ccccc21. The Morgan fingerprint density at radius 2 is 1.75 bits per heavy atom. The average molecular weight is 375 g/mol. The first-order valence-electron chi connectivity index (χ1n) is 9.30. The van der Waals surface area contributed by atoms with Crippen molar-refractivity contribution in [2.75, 3.05) is 13.1 Å². The third-order valence-electron chi connectivity index (χ3n) is 4.45. The summed E-state index contributed by atoms with van der Waals surface area (Å²) < 4.78 is 8.00. The van der Waals surface area contributed by atoms with E-state index in [1.807, 2.05) is 66.1 Å². The predicted octanol–water partition coefficient (Wildman–Crippen LogP) is 4.38. The van der Waals surface area contributed by atoms with E-state index in [1.165, 1.54) is 0 Å². The maximum atomic E-state index is 12.9. The number of benzene rings is 2. The van der Waals surface area contributed by atoms with Crippen molar-refractivity contribution in [3.63, 3.8) is 0 Å². The highest BCUT2D eigenvalue weighted by atomic mass is 16.5. The lowest BCUT2D eigenvalue weighted by molar-refractivity contribution is -0.130. The van der Waals surface area contributed by atoms with Crippen molar-refractivity contribution in [3.8, 4) is 5.75 Å². The number of hydrogen-bond donors (Lipinski definition) is 0. The normalized spacial score (nSPS) is 11.8. The summed E-state index contributed by atoms with van der Waals surface area (Å²) in [5, 5.41) is 0. The molecule has 0 bridgehead atoms. The van der Waals surface area contributed by atoms with Crippen LogP contribution in [0.5, 0.6) is 5.75 Å². The second kappa shape index (κ2) is 9.04. The number of para-hydroxylation sites is 3. The van der Waals surface area contributed by atoms with Gasteiger partial charge in [-0.25, -0.2) is 4.98 Å². The molecule has 2 aromatic carbocycles. The first-order chi connectivity index (χ1) is 13.6. The summed E-state index contributed by atoms with van der Waals surface area (Å²) in [6, 6.07) is 17.4. The molecule has 0 N–H and O–H groups in total.